The van der Waals surface area contributed by atoms with Crippen molar-refractivity contribution in [2.75, 3.05) is 19.7 Å². The molecule has 1 aliphatic rings. The molecule has 0 N–H and O–H groups in total. The minimum Gasteiger partial charge on any atom is -0.543 e. The lowest BCUT2D eigenvalue weighted by Crippen LogP contribution is -2.45. The molecule has 0 saturated carbocycles. The summed E-state index contributed by atoms with van der Waals surface area (Å²) in [5, 5.41) is 0.156. The number of hydrogen-bond acceptors (Lipinski definition) is 3. The second-order valence-corrected chi connectivity index (χ2v) is 16.0. The average Bonchev–Trinajstić information content (AvgIpc) is 2.84. The third-order valence-corrected chi connectivity index (χ3v) is 12.0. The fourth-order valence-corrected chi connectivity index (χ4v) is 5.62. The summed E-state index contributed by atoms with van der Waals surface area (Å²) in [6.07, 6.45) is 1.04. The van der Waals surface area contributed by atoms with E-state index in [1.165, 1.54) is 16.7 Å². The van der Waals surface area contributed by atoms with Crippen molar-refractivity contribution in [1.29, 1.82) is 0 Å². The molecule has 0 unspecified atom stereocenters. The molecule has 1 saturated heterocycles. The van der Waals surface area contributed by atoms with Crippen molar-refractivity contribution >= 4 is 8.32 Å². The van der Waals surface area contributed by atoms with Crippen molar-refractivity contribution < 1.29 is 9.16 Å². The van der Waals surface area contributed by atoms with Gasteiger partial charge in [0.25, 0.3) is 0 Å². The standard InChI is InChI=1S/C31H41NO2Si/c1-31(2,3)35(4,5)34-29-19-13-12-18-27(29)22-28(26-16-10-7-11-17-26)30-24-32(20-21-33-30)23-25-14-8-6-9-15-25/h6-19,28,30H,20-24H2,1-5H3/t28-,30-/m0/s1. The highest BCUT2D eigenvalue weighted by Gasteiger charge is 2.39. The van der Waals surface area contributed by atoms with Gasteiger partial charge in [-0.05, 0) is 47.3 Å². The third kappa shape index (κ3) is 6.63. The molecule has 3 nitrogen and oxygen atoms in total. The van der Waals surface area contributed by atoms with E-state index in [2.05, 4.69) is 124 Å². The average molecular weight is 488 g/mol. The SMILES string of the molecule is CC(C)(C)[Si](C)(C)Oc1ccccc1C[C@@H](c1ccccc1)[C@@H]1CN(Cc2ccccc2)CCO1. The second kappa shape index (κ2) is 11.1. The molecule has 0 spiro atoms. The minimum absolute atomic E-state index is 0.135. The molecule has 0 aliphatic carbocycles. The lowest BCUT2D eigenvalue weighted by atomic mass is 9.86. The first-order chi connectivity index (χ1) is 16.7. The molecule has 35 heavy (non-hydrogen) atoms. The summed E-state index contributed by atoms with van der Waals surface area (Å²) in [5.41, 5.74) is 3.97. The van der Waals surface area contributed by atoms with Gasteiger partial charge < -0.3 is 9.16 Å². The van der Waals surface area contributed by atoms with Crippen LogP contribution in [0.25, 0.3) is 0 Å². The Balaban J connectivity index is 1.58. The molecule has 0 bridgehead atoms. The summed E-state index contributed by atoms with van der Waals surface area (Å²) in [6, 6.07) is 30.3. The summed E-state index contributed by atoms with van der Waals surface area (Å²) >= 11 is 0. The number of ether oxygens (including phenoxy) is 1. The second-order valence-electron chi connectivity index (χ2n) is 11.3. The van der Waals surface area contributed by atoms with Crippen LogP contribution in [0, 0.1) is 0 Å². The van der Waals surface area contributed by atoms with Crippen LogP contribution in [0.1, 0.15) is 43.4 Å². The molecule has 1 fully saturated rings. The van der Waals surface area contributed by atoms with E-state index in [0.29, 0.717) is 0 Å². The van der Waals surface area contributed by atoms with Crippen LogP contribution in [-0.2, 0) is 17.7 Å². The van der Waals surface area contributed by atoms with Crippen molar-refractivity contribution in [3.05, 3.63) is 102 Å². The number of rotatable bonds is 8. The smallest absolute Gasteiger partial charge is 0.250 e. The van der Waals surface area contributed by atoms with Gasteiger partial charge >= 0.3 is 0 Å². The van der Waals surface area contributed by atoms with Crippen LogP contribution in [0.5, 0.6) is 5.75 Å². The molecule has 4 rings (SSSR count). The van der Waals surface area contributed by atoms with Crippen LogP contribution in [0.4, 0.5) is 0 Å². The van der Waals surface area contributed by atoms with E-state index in [1.54, 1.807) is 0 Å². The Morgan fingerprint density at radius 2 is 1.54 bits per heavy atom. The molecule has 1 heterocycles. The van der Waals surface area contributed by atoms with Crippen LogP contribution in [-0.4, -0.2) is 39.0 Å². The summed E-state index contributed by atoms with van der Waals surface area (Å²) in [7, 11) is -1.94. The molecule has 4 heteroatoms. The largest absolute Gasteiger partial charge is 0.543 e. The molecule has 0 amide bonds. The Labute approximate surface area is 213 Å². The van der Waals surface area contributed by atoms with Gasteiger partial charge in [0.1, 0.15) is 5.75 Å². The number of nitrogens with zero attached hydrogens (tertiary/aromatic N) is 1. The predicted molar refractivity (Wildman–Crippen MR) is 149 cm³/mol. The maximum atomic E-state index is 6.81. The van der Waals surface area contributed by atoms with Crippen molar-refractivity contribution in [2.45, 2.75) is 63.9 Å². The third-order valence-electron chi connectivity index (χ3n) is 7.69. The molecule has 0 radical (unpaired) electrons. The maximum Gasteiger partial charge on any atom is 0.250 e. The van der Waals surface area contributed by atoms with E-state index in [1.807, 2.05) is 0 Å². The Morgan fingerprint density at radius 1 is 0.914 bits per heavy atom. The van der Waals surface area contributed by atoms with Gasteiger partial charge in [0, 0.05) is 25.6 Å². The highest BCUT2D eigenvalue weighted by atomic mass is 28.4. The summed E-state index contributed by atoms with van der Waals surface area (Å²) in [5.74, 6) is 1.30. The van der Waals surface area contributed by atoms with Gasteiger partial charge in [0.2, 0.25) is 8.32 Å². The molecule has 3 aromatic carbocycles. The molecular formula is C31H41NO2Si. The highest BCUT2D eigenvalue weighted by Crippen LogP contribution is 2.39. The summed E-state index contributed by atoms with van der Waals surface area (Å²) < 4.78 is 13.3. The van der Waals surface area contributed by atoms with E-state index in [-0.39, 0.29) is 17.1 Å². The zero-order chi connectivity index (χ0) is 24.9. The topological polar surface area (TPSA) is 21.7 Å². The molecule has 0 aromatic heterocycles. The Bertz CT molecular complexity index is 1060. The first-order valence-corrected chi connectivity index (χ1v) is 15.8. The number of hydrogen-bond donors (Lipinski definition) is 0. The summed E-state index contributed by atoms with van der Waals surface area (Å²) in [6.45, 7) is 15.2. The van der Waals surface area contributed by atoms with Crippen molar-refractivity contribution in [1.82, 2.24) is 4.90 Å². The van der Waals surface area contributed by atoms with Crippen molar-refractivity contribution in [2.24, 2.45) is 0 Å². The van der Waals surface area contributed by atoms with Crippen LogP contribution in [0.2, 0.25) is 18.1 Å². The predicted octanol–water partition coefficient (Wildman–Crippen LogP) is 7.30. The maximum absolute atomic E-state index is 6.81. The van der Waals surface area contributed by atoms with E-state index in [0.717, 1.165) is 38.4 Å². The first kappa shape index (κ1) is 25.7. The van der Waals surface area contributed by atoms with Gasteiger partial charge in [-0.2, -0.15) is 0 Å². The minimum atomic E-state index is -1.94. The van der Waals surface area contributed by atoms with Gasteiger partial charge in [-0.25, -0.2) is 0 Å². The van der Waals surface area contributed by atoms with Crippen molar-refractivity contribution in [3.8, 4) is 5.75 Å². The Kier molecular flexibility index (Phi) is 8.15. The highest BCUT2D eigenvalue weighted by molar-refractivity contribution is 6.74. The van der Waals surface area contributed by atoms with Gasteiger partial charge in [0.15, 0.2) is 0 Å². The number of para-hydroxylation sites is 1. The van der Waals surface area contributed by atoms with Crippen molar-refractivity contribution in [3.63, 3.8) is 0 Å². The van der Waals surface area contributed by atoms with Crippen LogP contribution in [0.3, 0.4) is 0 Å². The van der Waals surface area contributed by atoms with E-state index < -0.39 is 8.32 Å². The molecular weight excluding hydrogens is 446 g/mol. The number of benzene rings is 3. The van der Waals surface area contributed by atoms with Gasteiger partial charge in [-0.3, -0.25) is 4.90 Å². The lowest BCUT2D eigenvalue weighted by molar-refractivity contribution is -0.0445. The first-order valence-electron chi connectivity index (χ1n) is 12.9. The zero-order valence-electron chi connectivity index (χ0n) is 22.0. The lowest BCUT2D eigenvalue weighted by Gasteiger charge is -2.39. The zero-order valence-corrected chi connectivity index (χ0v) is 23.0. The molecule has 2 atom stereocenters. The van der Waals surface area contributed by atoms with E-state index >= 15 is 0 Å². The number of morpholine rings is 1. The van der Waals surface area contributed by atoms with Gasteiger partial charge in [-0.1, -0.05) is 99.6 Å². The van der Waals surface area contributed by atoms with Crippen LogP contribution in [0.15, 0.2) is 84.9 Å². The van der Waals surface area contributed by atoms with Crippen LogP contribution < -0.4 is 4.43 Å². The van der Waals surface area contributed by atoms with Crippen LogP contribution >= 0.6 is 0 Å². The normalized spacial score (nSPS) is 18.3. The van der Waals surface area contributed by atoms with Gasteiger partial charge in [0.05, 0.1) is 12.7 Å². The Morgan fingerprint density at radius 3 is 2.23 bits per heavy atom. The quantitative estimate of drug-likeness (QED) is 0.311. The summed E-state index contributed by atoms with van der Waals surface area (Å²) in [4.78, 5) is 2.54. The van der Waals surface area contributed by atoms with Gasteiger partial charge in [-0.15, -0.1) is 0 Å². The fraction of sp³-hybridized carbons (Fsp3) is 0.419. The Hall–Kier alpha value is -2.40. The van der Waals surface area contributed by atoms with E-state index in [4.69, 9.17) is 9.16 Å². The fourth-order valence-electron chi connectivity index (χ4n) is 4.56. The monoisotopic (exact) mass is 487 g/mol. The molecule has 186 valence electrons. The molecule has 1 aliphatic heterocycles. The van der Waals surface area contributed by atoms with E-state index in [9.17, 15) is 0 Å². The molecule has 3 aromatic rings.